The second-order valence-corrected chi connectivity index (χ2v) is 7.93. The summed E-state index contributed by atoms with van der Waals surface area (Å²) in [5, 5.41) is 0. The van der Waals surface area contributed by atoms with Crippen molar-refractivity contribution in [3.8, 4) is 11.5 Å². The summed E-state index contributed by atoms with van der Waals surface area (Å²) in [5.41, 5.74) is 1.80. The second-order valence-electron chi connectivity index (χ2n) is 7.93. The summed E-state index contributed by atoms with van der Waals surface area (Å²) in [6.45, 7) is 0. The van der Waals surface area contributed by atoms with Crippen LogP contribution < -0.4 is 15.1 Å². The molecule has 0 spiro atoms. The minimum atomic E-state index is -0.436. The molecule has 0 saturated carbocycles. The Hall–Kier alpha value is -4.26. The maximum atomic E-state index is 11.3. The second kappa shape index (κ2) is 13.6. The molecule has 0 amide bonds. The van der Waals surface area contributed by atoms with E-state index in [2.05, 4.69) is 12.1 Å². The lowest BCUT2D eigenvalue weighted by Gasteiger charge is -2.22. The molecule has 0 N–H and O–H groups in total. The molecule has 7 nitrogen and oxygen atoms in total. The summed E-state index contributed by atoms with van der Waals surface area (Å²) in [6, 6.07) is 20.7. The summed E-state index contributed by atoms with van der Waals surface area (Å²) in [7, 11) is 4.71. The molecular weight excluding hydrogens is 460 g/mol. The topological polar surface area (TPSA) is 84.2 Å². The minimum Gasteiger partial charge on any atom is -0.501 e. The molecule has 1 aromatic heterocycles. The van der Waals surface area contributed by atoms with E-state index in [9.17, 15) is 9.59 Å². The van der Waals surface area contributed by atoms with Crippen molar-refractivity contribution in [2.24, 2.45) is 0 Å². The Balaban J connectivity index is 0.000000202. The van der Waals surface area contributed by atoms with Crippen molar-refractivity contribution >= 4 is 18.1 Å². The summed E-state index contributed by atoms with van der Waals surface area (Å²) < 4.78 is 25.5. The van der Waals surface area contributed by atoms with Gasteiger partial charge >= 0.3 is 11.6 Å². The van der Waals surface area contributed by atoms with Gasteiger partial charge in [-0.25, -0.2) is 9.59 Å². The Kier molecular flexibility index (Phi) is 9.94. The lowest BCUT2D eigenvalue weighted by Crippen LogP contribution is -2.23. The fourth-order valence-corrected chi connectivity index (χ4v) is 3.50. The molecule has 0 aliphatic carbocycles. The predicted octanol–water partition coefficient (Wildman–Crippen LogP) is 5.29. The molecule has 1 atom stereocenters. The molecule has 3 aromatic rings. The zero-order valence-corrected chi connectivity index (χ0v) is 20.6. The highest BCUT2D eigenvalue weighted by Gasteiger charge is 2.21. The molecule has 36 heavy (non-hydrogen) atoms. The van der Waals surface area contributed by atoms with Crippen molar-refractivity contribution < 1.29 is 28.2 Å². The number of methoxy groups -OCH3 is 3. The van der Waals surface area contributed by atoms with Crippen molar-refractivity contribution in [2.45, 2.75) is 25.4 Å². The summed E-state index contributed by atoms with van der Waals surface area (Å²) >= 11 is 0. The van der Waals surface area contributed by atoms with Crippen molar-refractivity contribution in [3.05, 3.63) is 106 Å². The summed E-state index contributed by atoms with van der Waals surface area (Å²) in [4.78, 5) is 22.5. The Bertz CT molecular complexity index is 1220. The molecular formula is C29H30O7. The Morgan fingerprint density at radius 2 is 1.58 bits per heavy atom. The molecule has 2 aromatic carbocycles. The van der Waals surface area contributed by atoms with Crippen LogP contribution in [0, 0.1) is 0 Å². The standard InChI is InChI=1S/C15H14O4.C14H16O3/c1-17-12-6-3-11(4-7-12)5-8-13-9-14(18-2)10-15(16)19-13;1-16-13-9-12(17-14(15)10-13)8-7-11-5-3-2-4-6-11/h3-10H,1-2H3;2-6,10,12H,7-9H2,1H3/b8-5+;. The van der Waals surface area contributed by atoms with E-state index in [0.717, 1.165) is 24.2 Å². The number of aryl methyl sites for hydroxylation is 1. The van der Waals surface area contributed by atoms with E-state index in [1.54, 1.807) is 26.4 Å². The van der Waals surface area contributed by atoms with Crippen molar-refractivity contribution in [1.82, 2.24) is 0 Å². The van der Waals surface area contributed by atoms with Crippen LogP contribution in [0.5, 0.6) is 11.5 Å². The van der Waals surface area contributed by atoms with Crippen LogP contribution in [-0.4, -0.2) is 33.4 Å². The normalized spacial score (nSPS) is 14.8. The average Bonchev–Trinajstić information content (AvgIpc) is 2.91. The third kappa shape index (κ3) is 8.51. The smallest absolute Gasteiger partial charge is 0.339 e. The largest absolute Gasteiger partial charge is 0.501 e. The molecule has 0 fully saturated rings. The first-order valence-corrected chi connectivity index (χ1v) is 11.5. The molecule has 0 saturated heterocycles. The van der Waals surface area contributed by atoms with Crippen molar-refractivity contribution in [3.63, 3.8) is 0 Å². The van der Waals surface area contributed by atoms with Crippen LogP contribution in [0.25, 0.3) is 12.2 Å². The van der Waals surface area contributed by atoms with E-state index in [4.69, 9.17) is 23.4 Å². The molecule has 7 heteroatoms. The van der Waals surface area contributed by atoms with Gasteiger partial charge in [0.1, 0.15) is 29.1 Å². The van der Waals surface area contributed by atoms with Gasteiger partial charge < -0.3 is 23.4 Å². The Morgan fingerprint density at radius 3 is 2.25 bits per heavy atom. The number of ether oxygens (including phenoxy) is 4. The average molecular weight is 491 g/mol. The van der Waals surface area contributed by atoms with Gasteiger partial charge in [-0.05, 0) is 42.2 Å². The molecule has 4 rings (SSSR count). The van der Waals surface area contributed by atoms with Crippen LogP contribution in [0.2, 0.25) is 0 Å². The SMILES string of the molecule is COC1=CC(=O)OC(CCc2ccccc2)C1.COc1ccc(/C=C/c2cc(OC)cc(=O)o2)cc1. The third-order valence-electron chi connectivity index (χ3n) is 5.41. The van der Waals surface area contributed by atoms with E-state index in [-0.39, 0.29) is 12.1 Å². The van der Waals surface area contributed by atoms with E-state index in [1.807, 2.05) is 48.5 Å². The molecule has 0 radical (unpaired) electrons. The van der Waals surface area contributed by atoms with Crippen LogP contribution in [0.15, 0.2) is 87.8 Å². The van der Waals surface area contributed by atoms with E-state index < -0.39 is 5.63 Å². The summed E-state index contributed by atoms with van der Waals surface area (Å²) in [5.74, 6) is 2.13. The highest BCUT2D eigenvalue weighted by atomic mass is 16.5. The maximum Gasteiger partial charge on any atom is 0.339 e. The maximum absolute atomic E-state index is 11.3. The van der Waals surface area contributed by atoms with Gasteiger partial charge in [-0.1, -0.05) is 48.5 Å². The third-order valence-corrected chi connectivity index (χ3v) is 5.41. The lowest BCUT2D eigenvalue weighted by molar-refractivity contribution is -0.145. The number of hydrogen-bond acceptors (Lipinski definition) is 7. The van der Waals surface area contributed by atoms with Crippen molar-refractivity contribution in [1.29, 1.82) is 0 Å². The highest BCUT2D eigenvalue weighted by molar-refractivity contribution is 5.83. The number of hydrogen-bond donors (Lipinski definition) is 0. The number of cyclic esters (lactones) is 1. The molecule has 2 heterocycles. The van der Waals surface area contributed by atoms with Gasteiger partial charge in [0, 0.05) is 12.5 Å². The first-order valence-electron chi connectivity index (χ1n) is 11.5. The van der Waals surface area contributed by atoms with Crippen LogP contribution in [0.1, 0.15) is 29.7 Å². The number of rotatable bonds is 8. The molecule has 188 valence electrons. The summed E-state index contributed by atoms with van der Waals surface area (Å²) in [6.07, 6.45) is 7.33. The Morgan fingerprint density at radius 1 is 0.861 bits per heavy atom. The minimum absolute atomic E-state index is 0.0670. The monoisotopic (exact) mass is 490 g/mol. The van der Waals surface area contributed by atoms with Gasteiger partial charge in [-0.3, -0.25) is 0 Å². The van der Waals surface area contributed by atoms with Crippen LogP contribution in [-0.2, 0) is 20.7 Å². The fraction of sp³-hybridized carbons (Fsp3) is 0.241. The van der Waals surface area contributed by atoms with Crippen molar-refractivity contribution in [2.75, 3.05) is 21.3 Å². The predicted molar refractivity (Wildman–Crippen MR) is 138 cm³/mol. The van der Waals surface area contributed by atoms with Gasteiger partial charge in [-0.2, -0.15) is 0 Å². The zero-order valence-electron chi connectivity index (χ0n) is 20.6. The van der Waals surface area contributed by atoms with Crippen LogP contribution >= 0.6 is 0 Å². The fourth-order valence-electron chi connectivity index (χ4n) is 3.50. The lowest BCUT2D eigenvalue weighted by atomic mass is 10.0. The van der Waals surface area contributed by atoms with Gasteiger partial charge in [-0.15, -0.1) is 0 Å². The number of carbonyl (C=O) groups excluding carboxylic acids is 1. The number of benzene rings is 2. The highest BCUT2D eigenvalue weighted by Crippen LogP contribution is 2.20. The van der Waals surface area contributed by atoms with Gasteiger partial charge in [0.15, 0.2) is 0 Å². The molecule has 1 aliphatic rings. The quantitative estimate of drug-likeness (QED) is 0.397. The molecule has 1 unspecified atom stereocenters. The zero-order chi connectivity index (χ0) is 25.8. The first kappa shape index (κ1) is 26.3. The Labute approximate surface area is 210 Å². The number of esters is 1. The van der Waals surface area contributed by atoms with Crippen LogP contribution in [0.4, 0.5) is 0 Å². The van der Waals surface area contributed by atoms with Gasteiger partial charge in [0.2, 0.25) is 0 Å². The van der Waals surface area contributed by atoms with Gasteiger partial charge in [0.05, 0.1) is 33.5 Å². The van der Waals surface area contributed by atoms with E-state index >= 15 is 0 Å². The molecule has 0 bridgehead atoms. The van der Waals surface area contributed by atoms with Gasteiger partial charge in [0.25, 0.3) is 0 Å². The van der Waals surface area contributed by atoms with E-state index in [0.29, 0.717) is 23.7 Å². The van der Waals surface area contributed by atoms with E-state index in [1.165, 1.54) is 24.8 Å². The first-order chi connectivity index (χ1) is 17.5. The number of carbonyl (C=O) groups is 1. The van der Waals surface area contributed by atoms with Crippen LogP contribution in [0.3, 0.4) is 0 Å². The molecule has 1 aliphatic heterocycles.